The molecule has 2 heterocycles. The molecule has 3 aliphatic rings. The Hall–Kier alpha value is -5.59. The van der Waals surface area contributed by atoms with Gasteiger partial charge < -0.3 is 23.8 Å². The maximum absolute atomic E-state index is 14.4. The SMILES string of the molecule is COc1ccc(C2(c3ccc(N4CCOCC4)cc3)C=Cc3c4c(c5cc(Sc6ccccc6)c(OC)cc5c3O2)-c2ccccc2C4(CCC(F)(F)F)CCC(F)(F)F)cc1. The lowest BCUT2D eigenvalue weighted by molar-refractivity contribution is -0.143. The van der Waals surface area contributed by atoms with Gasteiger partial charge in [-0.15, -0.1) is 0 Å². The first-order chi connectivity index (χ1) is 29.8. The molecular formula is C50H43F6NO4S. The van der Waals surface area contributed by atoms with Crippen molar-refractivity contribution in [2.24, 2.45) is 0 Å². The summed E-state index contributed by atoms with van der Waals surface area (Å²) >= 11 is 1.45. The molecule has 1 saturated heterocycles. The molecule has 1 fully saturated rings. The molecule has 0 bridgehead atoms. The summed E-state index contributed by atoms with van der Waals surface area (Å²) in [4.78, 5) is 3.89. The lowest BCUT2D eigenvalue weighted by Gasteiger charge is -2.40. The predicted molar refractivity (Wildman–Crippen MR) is 231 cm³/mol. The average molecular weight is 868 g/mol. The van der Waals surface area contributed by atoms with E-state index in [2.05, 4.69) is 4.90 Å². The number of anilines is 1. The van der Waals surface area contributed by atoms with Crippen LogP contribution in [0.15, 0.2) is 131 Å². The van der Waals surface area contributed by atoms with E-state index in [1.54, 1.807) is 32.4 Å². The van der Waals surface area contributed by atoms with Gasteiger partial charge in [0.25, 0.3) is 0 Å². The minimum atomic E-state index is -4.63. The minimum absolute atomic E-state index is 0.333. The number of rotatable bonds is 11. The molecule has 0 amide bonds. The van der Waals surface area contributed by atoms with Crippen molar-refractivity contribution < 1.29 is 45.3 Å². The molecule has 6 aromatic carbocycles. The van der Waals surface area contributed by atoms with Crippen LogP contribution in [0.2, 0.25) is 0 Å². The number of hydrogen-bond donors (Lipinski definition) is 0. The van der Waals surface area contributed by atoms with Crippen molar-refractivity contribution in [1.29, 1.82) is 0 Å². The van der Waals surface area contributed by atoms with Crippen LogP contribution in [0.3, 0.4) is 0 Å². The second kappa shape index (κ2) is 16.3. The van der Waals surface area contributed by atoms with Gasteiger partial charge in [0.2, 0.25) is 0 Å². The van der Waals surface area contributed by atoms with Crippen molar-refractivity contribution in [2.45, 2.75) is 58.8 Å². The van der Waals surface area contributed by atoms with Gasteiger partial charge in [-0.05, 0) is 95.1 Å². The van der Waals surface area contributed by atoms with Gasteiger partial charge in [-0.1, -0.05) is 84.6 Å². The first kappa shape index (κ1) is 41.7. The summed E-state index contributed by atoms with van der Waals surface area (Å²) in [5, 5.41) is 1.24. The van der Waals surface area contributed by atoms with E-state index in [1.165, 1.54) is 11.8 Å². The van der Waals surface area contributed by atoms with Gasteiger partial charge >= 0.3 is 12.4 Å². The molecule has 6 aromatic rings. The summed E-state index contributed by atoms with van der Waals surface area (Å²) in [7, 11) is 3.15. The molecule has 9 rings (SSSR count). The second-order valence-corrected chi connectivity index (χ2v) is 17.0. The summed E-state index contributed by atoms with van der Waals surface area (Å²) in [6, 6.07) is 36.0. The normalized spacial score (nSPS) is 17.9. The second-order valence-electron chi connectivity index (χ2n) is 15.9. The molecule has 0 aromatic heterocycles. The fraction of sp³-hybridized carbons (Fsp3) is 0.280. The van der Waals surface area contributed by atoms with E-state index in [0.29, 0.717) is 69.1 Å². The molecule has 0 spiro atoms. The molecule has 0 saturated carbocycles. The van der Waals surface area contributed by atoms with Gasteiger partial charge in [0.1, 0.15) is 17.2 Å². The van der Waals surface area contributed by atoms with E-state index in [-0.39, 0.29) is 0 Å². The summed E-state index contributed by atoms with van der Waals surface area (Å²) < 4.78 is 111. The van der Waals surface area contributed by atoms with Gasteiger partial charge in [-0.3, -0.25) is 0 Å². The molecule has 1 unspecified atom stereocenters. The van der Waals surface area contributed by atoms with Crippen molar-refractivity contribution >= 4 is 34.3 Å². The van der Waals surface area contributed by atoms with Crippen molar-refractivity contribution in [3.63, 3.8) is 0 Å². The Balaban J connectivity index is 1.34. The highest BCUT2D eigenvalue weighted by Gasteiger charge is 2.51. The molecule has 1 atom stereocenters. The maximum Gasteiger partial charge on any atom is 0.389 e. The Labute approximate surface area is 360 Å². The van der Waals surface area contributed by atoms with Gasteiger partial charge in [-0.25, -0.2) is 0 Å². The van der Waals surface area contributed by atoms with Crippen LogP contribution in [0.1, 0.15) is 53.5 Å². The number of nitrogens with zero attached hydrogens (tertiary/aromatic N) is 1. The van der Waals surface area contributed by atoms with Crippen LogP contribution in [-0.4, -0.2) is 52.9 Å². The lowest BCUT2D eigenvalue weighted by atomic mass is 9.68. The van der Waals surface area contributed by atoms with Gasteiger partial charge in [0.15, 0.2) is 5.60 Å². The van der Waals surface area contributed by atoms with Crippen LogP contribution >= 0.6 is 11.8 Å². The molecule has 320 valence electrons. The van der Waals surface area contributed by atoms with Gasteiger partial charge in [0.05, 0.1) is 32.3 Å². The third-order valence-electron chi connectivity index (χ3n) is 12.4. The Morgan fingerprint density at radius 1 is 0.710 bits per heavy atom. The number of halogens is 6. The van der Waals surface area contributed by atoms with Crippen LogP contribution in [-0.2, 0) is 15.8 Å². The number of alkyl halides is 6. The zero-order valence-electron chi connectivity index (χ0n) is 34.0. The molecule has 5 nitrogen and oxygen atoms in total. The third kappa shape index (κ3) is 7.65. The van der Waals surface area contributed by atoms with Crippen LogP contribution in [0, 0.1) is 0 Å². The van der Waals surface area contributed by atoms with Crippen molar-refractivity contribution in [2.75, 3.05) is 45.4 Å². The van der Waals surface area contributed by atoms with Crippen LogP contribution in [0.25, 0.3) is 28.0 Å². The number of morpholine rings is 1. The highest BCUT2D eigenvalue weighted by molar-refractivity contribution is 7.99. The standard InChI is InChI=1S/C50H43F6NO4S/c1-58-35-18-14-33(15-19-35)48(32-12-16-34(17-13-32)57-26-28-60-29-27-57)21-20-38-45-44(37-10-6-7-11-41(37)47(45,22-24-49(51,52)53)23-25-50(54,55)56)39-31-43(62-36-8-4-3-5-9-36)42(59-2)30-40(39)46(38)61-48/h3-21,30-31H,22-29H2,1-2H3. The quantitative estimate of drug-likeness (QED) is 0.121. The first-order valence-electron chi connectivity index (χ1n) is 20.5. The van der Waals surface area contributed by atoms with E-state index >= 15 is 0 Å². The number of fused-ring (bicyclic) bond motifs is 8. The predicted octanol–water partition coefficient (Wildman–Crippen LogP) is 13.1. The smallest absolute Gasteiger partial charge is 0.389 e. The summed E-state index contributed by atoms with van der Waals surface area (Å²) in [5.41, 5.74) is 2.01. The number of ether oxygens (including phenoxy) is 4. The Kier molecular flexibility index (Phi) is 11.0. The highest BCUT2D eigenvalue weighted by Crippen LogP contribution is 2.62. The maximum atomic E-state index is 14.4. The van der Waals surface area contributed by atoms with Gasteiger partial charge in [0, 0.05) is 64.0 Å². The first-order valence-corrected chi connectivity index (χ1v) is 21.3. The average Bonchev–Trinajstić information content (AvgIpc) is 3.58. The molecule has 12 heteroatoms. The Morgan fingerprint density at radius 3 is 1.97 bits per heavy atom. The topological polar surface area (TPSA) is 40.2 Å². The third-order valence-corrected chi connectivity index (χ3v) is 13.4. The Morgan fingerprint density at radius 2 is 1.34 bits per heavy atom. The zero-order valence-corrected chi connectivity index (χ0v) is 34.9. The van der Waals surface area contributed by atoms with Crippen LogP contribution < -0.4 is 19.1 Å². The fourth-order valence-electron chi connectivity index (χ4n) is 9.44. The summed E-state index contributed by atoms with van der Waals surface area (Å²) in [6.07, 6.45) is -9.26. The molecule has 2 aliphatic heterocycles. The zero-order chi connectivity index (χ0) is 43.3. The molecule has 1 aliphatic carbocycles. The summed E-state index contributed by atoms with van der Waals surface area (Å²) in [6.45, 7) is 2.71. The molecule has 62 heavy (non-hydrogen) atoms. The number of hydrogen-bond acceptors (Lipinski definition) is 6. The van der Waals surface area contributed by atoms with Crippen molar-refractivity contribution in [1.82, 2.24) is 0 Å². The molecule has 0 N–H and O–H groups in total. The van der Waals surface area contributed by atoms with Gasteiger partial charge in [-0.2, -0.15) is 26.3 Å². The van der Waals surface area contributed by atoms with E-state index in [4.69, 9.17) is 18.9 Å². The highest BCUT2D eigenvalue weighted by atomic mass is 32.2. The van der Waals surface area contributed by atoms with Crippen molar-refractivity contribution in [3.8, 4) is 28.4 Å². The largest absolute Gasteiger partial charge is 0.497 e. The molecular weight excluding hydrogens is 825 g/mol. The Bertz CT molecular complexity index is 2610. The van der Waals surface area contributed by atoms with Crippen molar-refractivity contribution in [3.05, 3.63) is 149 Å². The van der Waals surface area contributed by atoms with Crippen LogP contribution in [0.5, 0.6) is 17.2 Å². The van der Waals surface area contributed by atoms with E-state index < -0.39 is 49.1 Å². The van der Waals surface area contributed by atoms with E-state index in [9.17, 15) is 26.3 Å². The van der Waals surface area contributed by atoms with E-state index in [0.717, 1.165) is 39.7 Å². The van der Waals surface area contributed by atoms with Crippen LogP contribution in [0.4, 0.5) is 32.0 Å². The minimum Gasteiger partial charge on any atom is -0.497 e. The summed E-state index contributed by atoms with van der Waals surface area (Å²) in [5.74, 6) is 1.49. The fourth-order valence-corrected chi connectivity index (χ4v) is 10.4. The lowest BCUT2D eigenvalue weighted by Crippen LogP contribution is -2.37. The number of methoxy groups -OCH3 is 2. The monoisotopic (exact) mass is 867 g/mol. The molecule has 0 radical (unpaired) electrons. The number of benzene rings is 6. The van der Waals surface area contributed by atoms with E-state index in [1.807, 2.05) is 109 Å².